The summed E-state index contributed by atoms with van der Waals surface area (Å²) in [5.41, 5.74) is 7.41. The fourth-order valence-corrected chi connectivity index (χ4v) is 2.10. The van der Waals surface area contributed by atoms with Crippen LogP contribution >= 0.6 is 0 Å². The summed E-state index contributed by atoms with van der Waals surface area (Å²) in [6.07, 6.45) is 4.03. The SMILES string of the molecule is C=CCN(CCCC(N)c1ccccc1)CCOC. The van der Waals surface area contributed by atoms with Gasteiger partial charge < -0.3 is 10.5 Å². The molecule has 0 aliphatic carbocycles. The molecule has 3 heteroatoms. The predicted molar refractivity (Wildman–Crippen MR) is 81.1 cm³/mol. The van der Waals surface area contributed by atoms with Gasteiger partial charge in [0.05, 0.1) is 6.61 Å². The molecule has 19 heavy (non-hydrogen) atoms. The molecule has 1 atom stereocenters. The van der Waals surface area contributed by atoms with Gasteiger partial charge in [0.1, 0.15) is 0 Å². The van der Waals surface area contributed by atoms with Crippen molar-refractivity contribution in [2.24, 2.45) is 5.73 Å². The highest BCUT2D eigenvalue weighted by molar-refractivity contribution is 5.18. The van der Waals surface area contributed by atoms with Crippen LogP contribution < -0.4 is 5.73 Å². The maximum absolute atomic E-state index is 6.19. The summed E-state index contributed by atoms with van der Waals surface area (Å²) < 4.78 is 5.11. The molecule has 1 aromatic carbocycles. The third-order valence-corrected chi connectivity index (χ3v) is 3.22. The van der Waals surface area contributed by atoms with E-state index in [0.29, 0.717) is 0 Å². The van der Waals surface area contributed by atoms with Gasteiger partial charge in [0.15, 0.2) is 0 Å². The Hall–Kier alpha value is -1.16. The van der Waals surface area contributed by atoms with Crippen LogP contribution in [0.5, 0.6) is 0 Å². The molecule has 0 amide bonds. The summed E-state index contributed by atoms with van der Waals surface area (Å²) in [7, 11) is 1.73. The van der Waals surface area contributed by atoms with E-state index in [0.717, 1.165) is 39.1 Å². The quantitative estimate of drug-likeness (QED) is 0.659. The number of benzene rings is 1. The molecule has 1 rings (SSSR count). The average molecular weight is 262 g/mol. The first-order chi connectivity index (χ1) is 9.27. The number of hydrogen-bond donors (Lipinski definition) is 1. The molecule has 0 bridgehead atoms. The van der Waals surface area contributed by atoms with Crippen LogP contribution in [-0.4, -0.2) is 38.3 Å². The van der Waals surface area contributed by atoms with Crippen molar-refractivity contribution in [3.8, 4) is 0 Å². The van der Waals surface area contributed by atoms with Crippen LogP contribution in [0.25, 0.3) is 0 Å². The monoisotopic (exact) mass is 262 g/mol. The molecule has 0 heterocycles. The van der Waals surface area contributed by atoms with Gasteiger partial charge in [-0.15, -0.1) is 6.58 Å². The predicted octanol–water partition coefficient (Wildman–Crippen LogP) is 2.60. The highest BCUT2D eigenvalue weighted by Gasteiger charge is 2.07. The molecule has 2 N–H and O–H groups in total. The van der Waals surface area contributed by atoms with Crippen LogP contribution in [0.1, 0.15) is 24.4 Å². The standard InChI is InChI=1S/C16H26N2O/c1-3-11-18(13-14-19-2)12-7-10-16(17)15-8-5-4-6-9-15/h3-6,8-9,16H,1,7,10-14,17H2,2H3. The number of nitrogens with two attached hydrogens (primary N) is 1. The van der Waals surface area contributed by atoms with Crippen molar-refractivity contribution in [2.75, 3.05) is 33.4 Å². The lowest BCUT2D eigenvalue weighted by atomic mass is 10.0. The second-order valence-electron chi connectivity index (χ2n) is 4.74. The minimum Gasteiger partial charge on any atom is -0.383 e. The Morgan fingerprint density at radius 1 is 1.32 bits per heavy atom. The second kappa shape index (κ2) is 9.73. The summed E-state index contributed by atoms with van der Waals surface area (Å²) in [5.74, 6) is 0. The Bertz CT molecular complexity index is 340. The normalized spacial score (nSPS) is 12.6. The van der Waals surface area contributed by atoms with Gasteiger partial charge in [-0.25, -0.2) is 0 Å². The number of ether oxygens (including phenoxy) is 1. The van der Waals surface area contributed by atoms with Crippen LogP contribution in [0.15, 0.2) is 43.0 Å². The van der Waals surface area contributed by atoms with Crippen molar-refractivity contribution < 1.29 is 4.74 Å². The third kappa shape index (κ3) is 6.53. The molecule has 0 aliphatic heterocycles. The molecule has 1 unspecified atom stereocenters. The molecule has 3 nitrogen and oxygen atoms in total. The third-order valence-electron chi connectivity index (χ3n) is 3.22. The van der Waals surface area contributed by atoms with Gasteiger partial charge in [-0.2, -0.15) is 0 Å². The fraction of sp³-hybridized carbons (Fsp3) is 0.500. The van der Waals surface area contributed by atoms with Crippen LogP contribution in [0.3, 0.4) is 0 Å². The minimum atomic E-state index is 0.134. The van der Waals surface area contributed by atoms with Gasteiger partial charge in [-0.05, 0) is 24.9 Å². The molecule has 0 spiro atoms. The maximum Gasteiger partial charge on any atom is 0.0589 e. The van der Waals surface area contributed by atoms with E-state index in [1.54, 1.807) is 7.11 Å². The Labute approximate surface area is 117 Å². The first-order valence-electron chi connectivity index (χ1n) is 6.90. The van der Waals surface area contributed by atoms with E-state index in [9.17, 15) is 0 Å². The van der Waals surface area contributed by atoms with Crippen molar-refractivity contribution in [3.63, 3.8) is 0 Å². The number of hydrogen-bond acceptors (Lipinski definition) is 3. The van der Waals surface area contributed by atoms with E-state index in [1.807, 2.05) is 24.3 Å². The molecule has 0 aromatic heterocycles. The number of rotatable bonds is 10. The molecule has 1 aromatic rings. The largest absolute Gasteiger partial charge is 0.383 e. The maximum atomic E-state index is 6.19. The number of methoxy groups -OCH3 is 1. The van der Waals surface area contributed by atoms with Gasteiger partial charge in [0, 0.05) is 26.2 Å². The Kier molecular flexibility index (Phi) is 8.14. The molecular weight excluding hydrogens is 236 g/mol. The van der Waals surface area contributed by atoms with Gasteiger partial charge in [0.2, 0.25) is 0 Å². The molecule has 0 saturated heterocycles. The lowest BCUT2D eigenvalue weighted by Gasteiger charge is -2.21. The van der Waals surface area contributed by atoms with Crippen molar-refractivity contribution in [1.82, 2.24) is 4.90 Å². The van der Waals surface area contributed by atoms with E-state index in [-0.39, 0.29) is 6.04 Å². The zero-order valence-corrected chi connectivity index (χ0v) is 11.9. The van der Waals surface area contributed by atoms with Crippen molar-refractivity contribution in [3.05, 3.63) is 48.6 Å². The van der Waals surface area contributed by atoms with E-state index in [2.05, 4.69) is 23.6 Å². The molecule has 106 valence electrons. The Balaban J connectivity index is 2.28. The summed E-state index contributed by atoms with van der Waals surface area (Å²) in [5, 5.41) is 0. The number of nitrogens with zero attached hydrogens (tertiary/aromatic N) is 1. The molecule has 0 aliphatic rings. The van der Waals surface area contributed by atoms with Crippen molar-refractivity contribution >= 4 is 0 Å². The topological polar surface area (TPSA) is 38.5 Å². The van der Waals surface area contributed by atoms with Crippen LogP contribution in [0.2, 0.25) is 0 Å². The van der Waals surface area contributed by atoms with Gasteiger partial charge in [-0.3, -0.25) is 4.90 Å². The minimum absolute atomic E-state index is 0.134. The molecular formula is C16H26N2O. The lowest BCUT2D eigenvalue weighted by Crippen LogP contribution is -2.29. The van der Waals surface area contributed by atoms with Crippen molar-refractivity contribution in [1.29, 1.82) is 0 Å². The highest BCUT2D eigenvalue weighted by Crippen LogP contribution is 2.15. The Morgan fingerprint density at radius 2 is 2.05 bits per heavy atom. The summed E-state index contributed by atoms with van der Waals surface area (Å²) >= 11 is 0. The van der Waals surface area contributed by atoms with E-state index < -0.39 is 0 Å². The zero-order valence-electron chi connectivity index (χ0n) is 11.9. The summed E-state index contributed by atoms with van der Waals surface area (Å²) in [4.78, 5) is 2.34. The van der Waals surface area contributed by atoms with Crippen LogP contribution in [0.4, 0.5) is 0 Å². The average Bonchev–Trinajstić information content (AvgIpc) is 2.45. The molecule has 0 fully saturated rings. The first-order valence-corrected chi connectivity index (χ1v) is 6.90. The van der Waals surface area contributed by atoms with Gasteiger partial charge >= 0.3 is 0 Å². The lowest BCUT2D eigenvalue weighted by molar-refractivity contribution is 0.153. The molecule has 0 saturated carbocycles. The zero-order chi connectivity index (χ0) is 13.9. The van der Waals surface area contributed by atoms with E-state index in [4.69, 9.17) is 10.5 Å². The Morgan fingerprint density at radius 3 is 2.68 bits per heavy atom. The van der Waals surface area contributed by atoms with E-state index in [1.165, 1.54) is 5.56 Å². The highest BCUT2D eigenvalue weighted by atomic mass is 16.5. The summed E-state index contributed by atoms with van der Waals surface area (Å²) in [6.45, 7) is 7.45. The van der Waals surface area contributed by atoms with Crippen LogP contribution in [-0.2, 0) is 4.74 Å². The van der Waals surface area contributed by atoms with E-state index >= 15 is 0 Å². The van der Waals surface area contributed by atoms with Crippen molar-refractivity contribution in [2.45, 2.75) is 18.9 Å². The summed E-state index contributed by atoms with van der Waals surface area (Å²) in [6, 6.07) is 10.4. The molecule has 0 radical (unpaired) electrons. The second-order valence-corrected chi connectivity index (χ2v) is 4.74. The first kappa shape index (κ1) is 15.9. The van der Waals surface area contributed by atoms with Gasteiger partial charge in [0.25, 0.3) is 0 Å². The van der Waals surface area contributed by atoms with Crippen LogP contribution in [0, 0.1) is 0 Å². The fourth-order valence-electron chi connectivity index (χ4n) is 2.10. The smallest absolute Gasteiger partial charge is 0.0589 e. The van der Waals surface area contributed by atoms with Gasteiger partial charge in [-0.1, -0.05) is 36.4 Å².